The van der Waals surface area contributed by atoms with E-state index in [1.54, 1.807) is 6.20 Å². The van der Waals surface area contributed by atoms with Crippen LogP contribution in [-0.2, 0) is 16.0 Å². The zero-order valence-corrected chi connectivity index (χ0v) is 24.5. The molecule has 41 heavy (non-hydrogen) atoms. The summed E-state index contributed by atoms with van der Waals surface area (Å²) in [7, 11) is 0. The normalized spacial score (nSPS) is 20.1. The molecule has 2 fully saturated rings. The fourth-order valence-electron chi connectivity index (χ4n) is 5.66. The summed E-state index contributed by atoms with van der Waals surface area (Å²) in [5.41, 5.74) is 4.20. The second-order valence-electron chi connectivity index (χ2n) is 11.9. The van der Waals surface area contributed by atoms with Crippen LogP contribution < -0.4 is 15.1 Å². The molecular weight excluding hydrogens is 516 g/mol. The first-order valence-electron chi connectivity index (χ1n) is 14.4. The predicted octanol–water partition coefficient (Wildman–Crippen LogP) is 4.55. The van der Waals surface area contributed by atoms with Gasteiger partial charge in [0.25, 0.3) is 0 Å². The average molecular weight is 557 g/mol. The average Bonchev–Trinajstić information content (AvgIpc) is 2.95. The van der Waals surface area contributed by atoms with Gasteiger partial charge in [-0.15, -0.1) is 0 Å². The molecule has 2 atom stereocenters. The number of benzene rings is 2. The van der Waals surface area contributed by atoms with Crippen LogP contribution in [0.25, 0.3) is 10.9 Å². The van der Waals surface area contributed by atoms with E-state index in [-0.39, 0.29) is 12.2 Å². The molecule has 0 aliphatic carbocycles. The lowest BCUT2D eigenvalue weighted by molar-refractivity contribution is -0.0327. The number of fused-ring (bicyclic) bond motifs is 1. The minimum absolute atomic E-state index is 0.101. The van der Waals surface area contributed by atoms with E-state index in [4.69, 9.17) is 9.47 Å². The largest absolute Gasteiger partial charge is 0.444 e. The maximum atomic E-state index is 11.9. The number of nitriles is 1. The Kier molecular flexibility index (Phi) is 8.62. The van der Waals surface area contributed by atoms with Crippen molar-refractivity contribution in [2.75, 3.05) is 55.6 Å². The number of rotatable bonds is 6. The lowest BCUT2D eigenvalue weighted by Crippen LogP contribution is -2.54. The molecule has 216 valence electrons. The summed E-state index contributed by atoms with van der Waals surface area (Å²) in [6.07, 6.45) is 1.56. The van der Waals surface area contributed by atoms with E-state index in [0.717, 1.165) is 68.0 Å². The molecule has 2 aliphatic rings. The Morgan fingerprint density at radius 1 is 1.07 bits per heavy atom. The summed E-state index contributed by atoms with van der Waals surface area (Å²) < 4.78 is 11.7. The van der Waals surface area contributed by atoms with E-state index in [1.807, 2.05) is 32.9 Å². The van der Waals surface area contributed by atoms with Gasteiger partial charge < -0.3 is 24.6 Å². The highest BCUT2D eigenvalue weighted by Gasteiger charge is 2.29. The number of carbonyl (C=O) groups excluding carboxylic acids is 1. The molecule has 9 nitrogen and oxygen atoms in total. The van der Waals surface area contributed by atoms with Gasteiger partial charge in [-0.25, -0.2) is 4.79 Å². The molecule has 2 aromatic carbocycles. The van der Waals surface area contributed by atoms with Crippen LogP contribution in [0.4, 0.5) is 16.2 Å². The molecule has 0 radical (unpaired) electrons. The molecule has 0 saturated carbocycles. The van der Waals surface area contributed by atoms with Gasteiger partial charge >= 0.3 is 6.09 Å². The van der Waals surface area contributed by atoms with E-state index in [2.05, 4.69) is 74.4 Å². The number of aromatic nitrogens is 1. The first-order valence-corrected chi connectivity index (χ1v) is 14.4. The molecule has 3 heterocycles. The summed E-state index contributed by atoms with van der Waals surface area (Å²) in [6.45, 7) is 14.5. The van der Waals surface area contributed by atoms with Gasteiger partial charge in [-0.3, -0.25) is 9.88 Å². The topological polar surface area (TPSA) is 94.0 Å². The lowest BCUT2D eigenvalue weighted by atomic mass is 10.1. The van der Waals surface area contributed by atoms with Gasteiger partial charge in [0, 0.05) is 75.3 Å². The van der Waals surface area contributed by atoms with Crippen LogP contribution in [0.15, 0.2) is 54.7 Å². The van der Waals surface area contributed by atoms with Gasteiger partial charge in [0.05, 0.1) is 23.3 Å². The molecule has 3 aromatic rings. The van der Waals surface area contributed by atoms with Crippen molar-refractivity contribution in [3.05, 3.63) is 65.9 Å². The third-order valence-corrected chi connectivity index (χ3v) is 7.51. The summed E-state index contributed by atoms with van der Waals surface area (Å²) in [5, 5.41) is 13.4. The fraction of sp³-hybridized carbons (Fsp3) is 0.469. The highest BCUT2D eigenvalue weighted by Crippen LogP contribution is 2.30. The maximum Gasteiger partial charge on any atom is 0.407 e. The zero-order chi connectivity index (χ0) is 29.0. The first kappa shape index (κ1) is 28.7. The SMILES string of the molecule is C[C@@H]1CN(c2ccc(C#N)c3ncccc23)C[C@H](CN2CCN(c3ccc(CNC(=O)OC(C)(C)C)cc3)CC2)O1. The fourth-order valence-corrected chi connectivity index (χ4v) is 5.66. The van der Waals surface area contributed by atoms with E-state index in [1.165, 1.54) is 5.69 Å². The van der Waals surface area contributed by atoms with Gasteiger partial charge in [-0.1, -0.05) is 12.1 Å². The third-order valence-electron chi connectivity index (χ3n) is 7.51. The van der Waals surface area contributed by atoms with Crippen molar-refractivity contribution in [1.82, 2.24) is 15.2 Å². The number of ether oxygens (including phenoxy) is 2. The monoisotopic (exact) mass is 556 g/mol. The Hall–Kier alpha value is -3.87. The number of hydrogen-bond acceptors (Lipinski definition) is 8. The summed E-state index contributed by atoms with van der Waals surface area (Å²) >= 11 is 0. The quantitative estimate of drug-likeness (QED) is 0.473. The number of hydrogen-bond donors (Lipinski definition) is 1. The number of pyridine rings is 1. The minimum Gasteiger partial charge on any atom is -0.444 e. The van der Waals surface area contributed by atoms with Crippen LogP contribution in [0.1, 0.15) is 38.8 Å². The number of anilines is 2. The van der Waals surface area contributed by atoms with Gasteiger partial charge in [0.1, 0.15) is 11.7 Å². The van der Waals surface area contributed by atoms with Crippen molar-refractivity contribution in [3.8, 4) is 6.07 Å². The molecule has 2 saturated heterocycles. The second-order valence-corrected chi connectivity index (χ2v) is 11.9. The molecule has 1 amide bonds. The Bertz CT molecular complexity index is 1390. The minimum atomic E-state index is -0.506. The van der Waals surface area contributed by atoms with Gasteiger partial charge in [0.15, 0.2) is 0 Å². The summed E-state index contributed by atoms with van der Waals surface area (Å²) in [6, 6.07) is 18.6. The number of morpholine rings is 1. The highest BCUT2D eigenvalue weighted by atomic mass is 16.6. The molecule has 5 rings (SSSR count). The molecule has 9 heteroatoms. The first-order chi connectivity index (χ1) is 19.7. The lowest BCUT2D eigenvalue weighted by Gasteiger charge is -2.42. The molecule has 0 spiro atoms. The number of nitrogens with zero attached hydrogens (tertiary/aromatic N) is 5. The van der Waals surface area contributed by atoms with Crippen molar-refractivity contribution in [3.63, 3.8) is 0 Å². The molecular formula is C32H40N6O3. The number of nitrogens with one attached hydrogen (secondary N) is 1. The smallest absolute Gasteiger partial charge is 0.407 e. The molecule has 0 bridgehead atoms. The van der Waals surface area contributed by atoms with Crippen LogP contribution in [0, 0.1) is 11.3 Å². The predicted molar refractivity (Wildman–Crippen MR) is 161 cm³/mol. The molecule has 1 aromatic heterocycles. The standard InChI is InChI=1S/C32H40N6O3/c1-23-20-38(29-12-9-25(18-33)30-28(29)6-5-13-34-30)22-27(40-23)21-36-14-16-37(17-15-36)26-10-7-24(8-11-26)19-35-31(39)41-32(2,3)4/h5-13,23,27H,14-17,19-22H2,1-4H3,(H,35,39)/t23-,27+/m1/s1. The van der Waals surface area contributed by atoms with E-state index in [9.17, 15) is 10.1 Å². The third kappa shape index (κ3) is 7.26. The summed E-state index contributed by atoms with van der Waals surface area (Å²) in [5.74, 6) is 0. The Morgan fingerprint density at radius 3 is 2.54 bits per heavy atom. The van der Waals surface area contributed by atoms with Gasteiger partial charge in [-0.2, -0.15) is 5.26 Å². The van der Waals surface area contributed by atoms with E-state index < -0.39 is 11.7 Å². The second kappa shape index (κ2) is 12.3. The number of amides is 1. The number of alkyl carbamates (subject to hydrolysis) is 1. The Labute approximate surface area is 242 Å². The molecule has 1 N–H and O–H groups in total. The molecule has 0 unspecified atom stereocenters. The van der Waals surface area contributed by atoms with Crippen molar-refractivity contribution in [2.24, 2.45) is 0 Å². The van der Waals surface area contributed by atoms with Gasteiger partial charge in [0.2, 0.25) is 0 Å². The van der Waals surface area contributed by atoms with Crippen molar-refractivity contribution >= 4 is 28.4 Å². The van der Waals surface area contributed by atoms with Crippen molar-refractivity contribution < 1.29 is 14.3 Å². The van der Waals surface area contributed by atoms with Gasteiger partial charge in [-0.05, 0) is 69.7 Å². The van der Waals surface area contributed by atoms with Crippen LogP contribution in [0.2, 0.25) is 0 Å². The zero-order valence-electron chi connectivity index (χ0n) is 24.5. The van der Waals surface area contributed by atoms with Crippen LogP contribution in [0.5, 0.6) is 0 Å². The van der Waals surface area contributed by atoms with E-state index >= 15 is 0 Å². The highest BCUT2D eigenvalue weighted by molar-refractivity contribution is 5.95. The maximum absolute atomic E-state index is 11.9. The van der Waals surface area contributed by atoms with Crippen molar-refractivity contribution in [2.45, 2.75) is 52.0 Å². The van der Waals surface area contributed by atoms with Crippen molar-refractivity contribution in [1.29, 1.82) is 5.26 Å². The Morgan fingerprint density at radius 2 is 1.83 bits per heavy atom. The van der Waals surface area contributed by atoms with E-state index in [0.29, 0.717) is 12.1 Å². The number of piperazine rings is 1. The number of carbonyl (C=O) groups is 1. The van der Waals surface area contributed by atoms with Crippen LogP contribution in [0.3, 0.4) is 0 Å². The van der Waals surface area contributed by atoms with Crippen LogP contribution in [-0.4, -0.2) is 79.6 Å². The molecule has 2 aliphatic heterocycles. The van der Waals surface area contributed by atoms with Crippen LogP contribution >= 0.6 is 0 Å². The summed E-state index contributed by atoms with van der Waals surface area (Å²) in [4.78, 5) is 23.7. The Balaban J connectivity index is 1.14.